The highest BCUT2D eigenvalue weighted by atomic mass is 16.1. The predicted molar refractivity (Wildman–Crippen MR) is 57.2 cm³/mol. The number of pyridine rings is 1. The Labute approximate surface area is 86.1 Å². The van der Waals surface area contributed by atoms with Crippen LogP contribution in [0, 0.1) is 0 Å². The Morgan fingerprint density at radius 1 is 1.53 bits per heavy atom. The van der Waals surface area contributed by atoms with E-state index in [0.717, 1.165) is 10.9 Å². The number of nitrogen functional groups attached to an aromatic ring is 1. The molecule has 78 valence electrons. The second-order valence-corrected chi connectivity index (χ2v) is 3.27. The SMILES string of the molecule is CC(=O)Nc1cnc(N)c2c1cnn2C. The van der Waals surface area contributed by atoms with Crippen molar-refractivity contribution in [3.05, 3.63) is 12.4 Å². The van der Waals surface area contributed by atoms with Crippen LogP contribution in [0.15, 0.2) is 12.4 Å². The number of anilines is 2. The van der Waals surface area contributed by atoms with E-state index in [-0.39, 0.29) is 5.91 Å². The van der Waals surface area contributed by atoms with Crippen LogP contribution in [-0.2, 0) is 11.8 Å². The van der Waals surface area contributed by atoms with Gasteiger partial charge in [0.2, 0.25) is 5.91 Å². The third-order valence-electron chi connectivity index (χ3n) is 2.11. The fraction of sp³-hybridized carbons (Fsp3) is 0.222. The van der Waals surface area contributed by atoms with E-state index in [1.807, 2.05) is 0 Å². The number of fused-ring (bicyclic) bond motifs is 1. The predicted octanol–water partition coefficient (Wildman–Crippen LogP) is 0.509. The molecule has 2 rings (SSSR count). The molecule has 0 bridgehead atoms. The number of nitrogens with zero attached hydrogens (tertiary/aromatic N) is 3. The van der Waals surface area contributed by atoms with Gasteiger partial charge in [0.25, 0.3) is 0 Å². The molecule has 15 heavy (non-hydrogen) atoms. The molecule has 0 radical (unpaired) electrons. The minimum atomic E-state index is -0.147. The number of hydrogen-bond donors (Lipinski definition) is 2. The van der Waals surface area contributed by atoms with Gasteiger partial charge in [-0.25, -0.2) is 4.98 Å². The van der Waals surface area contributed by atoms with Crippen molar-refractivity contribution in [3.63, 3.8) is 0 Å². The Morgan fingerprint density at radius 2 is 2.27 bits per heavy atom. The van der Waals surface area contributed by atoms with Crippen molar-refractivity contribution < 1.29 is 4.79 Å². The lowest BCUT2D eigenvalue weighted by Gasteiger charge is -2.04. The van der Waals surface area contributed by atoms with E-state index >= 15 is 0 Å². The maximum atomic E-state index is 11.0. The molecule has 0 saturated heterocycles. The van der Waals surface area contributed by atoms with Crippen molar-refractivity contribution in [3.8, 4) is 0 Å². The minimum absolute atomic E-state index is 0.147. The topological polar surface area (TPSA) is 85.8 Å². The lowest BCUT2D eigenvalue weighted by Crippen LogP contribution is -2.07. The molecule has 0 aliphatic heterocycles. The normalized spacial score (nSPS) is 10.5. The first-order valence-electron chi connectivity index (χ1n) is 4.43. The maximum absolute atomic E-state index is 11.0. The Hall–Kier alpha value is -2.11. The van der Waals surface area contributed by atoms with Gasteiger partial charge in [0.1, 0.15) is 11.3 Å². The van der Waals surface area contributed by atoms with E-state index in [2.05, 4.69) is 15.4 Å². The Balaban J connectivity index is 2.67. The van der Waals surface area contributed by atoms with Crippen LogP contribution in [0.3, 0.4) is 0 Å². The summed E-state index contributed by atoms with van der Waals surface area (Å²) in [5.74, 6) is 0.255. The second-order valence-electron chi connectivity index (χ2n) is 3.27. The Bertz CT molecular complexity index is 531. The second kappa shape index (κ2) is 3.23. The summed E-state index contributed by atoms with van der Waals surface area (Å²) in [6.07, 6.45) is 3.18. The van der Waals surface area contributed by atoms with Gasteiger partial charge in [-0.3, -0.25) is 9.48 Å². The zero-order valence-electron chi connectivity index (χ0n) is 8.48. The number of amides is 1. The summed E-state index contributed by atoms with van der Waals surface area (Å²) in [4.78, 5) is 14.9. The van der Waals surface area contributed by atoms with Gasteiger partial charge in [-0.1, -0.05) is 0 Å². The lowest BCUT2D eigenvalue weighted by molar-refractivity contribution is -0.114. The van der Waals surface area contributed by atoms with Gasteiger partial charge in [0, 0.05) is 19.4 Å². The first kappa shape index (κ1) is 9.45. The molecule has 6 nitrogen and oxygen atoms in total. The van der Waals surface area contributed by atoms with Gasteiger partial charge < -0.3 is 11.1 Å². The van der Waals surface area contributed by atoms with Gasteiger partial charge >= 0.3 is 0 Å². The first-order valence-corrected chi connectivity index (χ1v) is 4.43. The Kier molecular flexibility index (Phi) is 2.03. The standard InChI is InChI=1S/C9H11N5O/c1-5(15)13-7-4-11-9(10)8-6(7)3-12-14(8)2/h3-4H,1-2H3,(H2,10,11)(H,13,15). The van der Waals surface area contributed by atoms with E-state index in [9.17, 15) is 4.79 Å². The molecule has 0 spiro atoms. The van der Waals surface area contributed by atoms with Gasteiger partial charge in [0.15, 0.2) is 0 Å². The zero-order chi connectivity index (χ0) is 11.0. The number of hydrogen-bond acceptors (Lipinski definition) is 4. The number of nitrogens with one attached hydrogen (secondary N) is 1. The summed E-state index contributed by atoms with van der Waals surface area (Å²) >= 11 is 0. The fourth-order valence-corrected chi connectivity index (χ4v) is 1.49. The number of nitrogens with two attached hydrogens (primary N) is 1. The number of carbonyl (C=O) groups excluding carboxylic acids is 1. The molecule has 0 fully saturated rings. The van der Waals surface area contributed by atoms with Crippen LogP contribution in [0.25, 0.3) is 10.9 Å². The monoisotopic (exact) mass is 205 g/mol. The van der Waals surface area contributed by atoms with E-state index in [1.165, 1.54) is 13.1 Å². The summed E-state index contributed by atoms with van der Waals surface area (Å²) in [5.41, 5.74) is 7.06. The molecule has 2 aromatic rings. The van der Waals surface area contributed by atoms with Crippen molar-refractivity contribution in [2.75, 3.05) is 11.1 Å². The van der Waals surface area contributed by atoms with Gasteiger partial charge in [-0.2, -0.15) is 5.10 Å². The highest BCUT2D eigenvalue weighted by molar-refractivity contribution is 6.02. The van der Waals surface area contributed by atoms with E-state index in [0.29, 0.717) is 11.5 Å². The fourth-order valence-electron chi connectivity index (χ4n) is 1.49. The van der Waals surface area contributed by atoms with Gasteiger partial charge in [-0.15, -0.1) is 0 Å². The van der Waals surface area contributed by atoms with Crippen molar-refractivity contribution in [2.45, 2.75) is 6.92 Å². The molecule has 3 N–H and O–H groups in total. The quantitative estimate of drug-likeness (QED) is 0.710. The molecule has 0 atom stereocenters. The van der Waals surface area contributed by atoms with Crippen LogP contribution >= 0.6 is 0 Å². The van der Waals surface area contributed by atoms with Crippen LogP contribution in [0.4, 0.5) is 11.5 Å². The van der Waals surface area contributed by atoms with E-state index < -0.39 is 0 Å². The zero-order valence-corrected chi connectivity index (χ0v) is 8.48. The molecule has 0 saturated carbocycles. The number of aryl methyl sites for hydroxylation is 1. The lowest BCUT2D eigenvalue weighted by atomic mass is 10.2. The molecule has 6 heteroatoms. The van der Waals surface area contributed by atoms with Gasteiger partial charge in [0.05, 0.1) is 18.1 Å². The molecule has 2 heterocycles. The van der Waals surface area contributed by atoms with Crippen molar-refractivity contribution in [2.24, 2.45) is 7.05 Å². The summed E-state index contributed by atoms with van der Waals surface area (Å²) < 4.78 is 1.63. The van der Waals surface area contributed by atoms with E-state index in [1.54, 1.807) is 17.9 Å². The van der Waals surface area contributed by atoms with Crippen molar-refractivity contribution >= 4 is 28.3 Å². The summed E-state index contributed by atoms with van der Waals surface area (Å²) in [6.45, 7) is 1.44. The highest BCUT2D eigenvalue weighted by Gasteiger charge is 2.10. The average molecular weight is 205 g/mol. The molecule has 0 aliphatic carbocycles. The minimum Gasteiger partial charge on any atom is -0.382 e. The first-order chi connectivity index (χ1) is 7.09. The number of rotatable bonds is 1. The van der Waals surface area contributed by atoms with Crippen LogP contribution in [0.1, 0.15) is 6.92 Å². The van der Waals surface area contributed by atoms with E-state index in [4.69, 9.17) is 5.73 Å². The summed E-state index contributed by atoms with van der Waals surface area (Å²) in [6, 6.07) is 0. The number of carbonyl (C=O) groups is 1. The van der Waals surface area contributed by atoms with Gasteiger partial charge in [-0.05, 0) is 0 Å². The molecule has 0 unspecified atom stereocenters. The average Bonchev–Trinajstić information content (AvgIpc) is 2.53. The molecule has 1 amide bonds. The Morgan fingerprint density at radius 3 is 2.93 bits per heavy atom. The summed E-state index contributed by atoms with van der Waals surface area (Å²) in [5, 5.41) is 7.54. The molecule has 0 aliphatic rings. The maximum Gasteiger partial charge on any atom is 0.221 e. The summed E-state index contributed by atoms with van der Waals surface area (Å²) in [7, 11) is 1.78. The van der Waals surface area contributed by atoms with Crippen LogP contribution in [0.5, 0.6) is 0 Å². The van der Waals surface area contributed by atoms with Crippen molar-refractivity contribution in [1.82, 2.24) is 14.8 Å². The third-order valence-corrected chi connectivity index (χ3v) is 2.11. The number of aromatic nitrogens is 3. The van der Waals surface area contributed by atoms with Crippen LogP contribution < -0.4 is 11.1 Å². The third kappa shape index (κ3) is 1.50. The van der Waals surface area contributed by atoms with Crippen LogP contribution in [-0.4, -0.2) is 20.7 Å². The molecular weight excluding hydrogens is 194 g/mol. The molecular formula is C9H11N5O. The molecule has 2 aromatic heterocycles. The smallest absolute Gasteiger partial charge is 0.221 e. The van der Waals surface area contributed by atoms with Crippen LogP contribution in [0.2, 0.25) is 0 Å². The van der Waals surface area contributed by atoms with Crippen molar-refractivity contribution in [1.29, 1.82) is 0 Å². The molecule has 0 aromatic carbocycles. The highest BCUT2D eigenvalue weighted by Crippen LogP contribution is 2.25. The largest absolute Gasteiger partial charge is 0.382 e.